The number of aryl methyl sites for hydroxylation is 1. The molecule has 10 heteroatoms. The fraction of sp³-hybridized carbons (Fsp3) is 0.370. The van der Waals surface area contributed by atoms with Gasteiger partial charge in [-0.15, -0.1) is 0 Å². The van der Waals surface area contributed by atoms with Crippen LogP contribution in [-0.4, -0.2) is 38.9 Å². The molecule has 37 heavy (non-hydrogen) atoms. The number of alkyl halides is 3. The molecule has 3 unspecified atom stereocenters. The Labute approximate surface area is 222 Å². The quantitative estimate of drug-likeness (QED) is 0.340. The van der Waals surface area contributed by atoms with Crippen LogP contribution in [0, 0.1) is 5.92 Å². The van der Waals surface area contributed by atoms with Crippen molar-refractivity contribution >= 4 is 40.6 Å². The van der Waals surface area contributed by atoms with Gasteiger partial charge in [0, 0.05) is 24.4 Å². The highest BCUT2D eigenvalue weighted by molar-refractivity contribution is 6.42. The molecule has 0 radical (unpaired) electrons. The summed E-state index contributed by atoms with van der Waals surface area (Å²) in [6.45, 7) is 2.28. The number of aliphatic imine (C=N–C) groups is 1. The minimum atomic E-state index is -4.65. The lowest BCUT2D eigenvalue weighted by atomic mass is 9.86. The Balaban J connectivity index is 1.51. The van der Waals surface area contributed by atoms with Gasteiger partial charge in [0.2, 0.25) is 5.91 Å². The molecule has 0 aliphatic carbocycles. The summed E-state index contributed by atoms with van der Waals surface area (Å²) in [5, 5.41) is 4.42. The molecule has 194 valence electrons. The predicted octanol–water partition coefficient (Wildman–Crippen LogP) is 7.14. The third kappa shape index (κ3) is 5.14. The van der Waals surface area contributed by atoms with Crippen molar-refractivity contribution in [1.29, 1.82) is 0 Å². The van der Waals surface area contributed by atoms with Gasteiger partial charge in [0.25, 0.3) is 0 Å². The number of hydrogen-bond acceptors (Lipinski definition) is 3. The monoisotopic (exact) mass is 548 g/mol. The molecular formula is C27H25Cl2F3N4O. The predicted molar refractivity (Wildman–Crippen MR) is 138 cm³/mol. The average Bonchev–Trinajstić information content (AvgIpc) is 3.51. The number of hydrogen-bond donors (Lipinski definition) is 0. The van der Waals surface area contributed by atoms with Gasteiger partial charge in [0.1, 0.15) is 5.92 Å². The molecule has 0 spiro atoms. The zero-order chi connectivity index (χ0) is 26.3. The summed E-state index contributed by atoms with van der Waals surface area (Å²) >= 11 is 12.4. The van der Waals surface area contributed by atoms with Crippen LogP contribution in [0.3, 0.4) is 0 Å². The normalized spacial score (nSPS) is 21.6. The lowest BCUT2D eigenvalue weighted by Gasteiger charge is -2.35. The Morgan fingerprint density at radius 3 is 2.54 bits per heavy atom. The van der Waals surface area contributed by atoms with Crippen LogP contribution in [-0.2, 0) is 17.4 Å². The summed E-state index contributed by atoms with van der Waals surface area (Å²) in [7, 11) is 0. The summed E-state index contributed by atoms with van der Waals surface area (Å²) < 4.78 is 41.9. The van der Waals surface area contributed by atoms with E-state index in [1.54, 1.807) is 25.1 Å². The van der Waals surface area contributed by atoms with E-state index in [1.807, 2.05) is 23.1 Å². The standard InChI is InChI=1S/C27H25Cl2F3N4O/c1-16-24(26(37)35-13-5-8-19(35)11-9-17-6-3-2-4-7-17)25(18-10-12-20(28)21(29)14-18)36-23(33-16)15-22(34-36)27(30,31)32/h2-4,6-7,10,12,14-15,19,24-25H,5,8-9,11,13H2,1H3. The number of benzene rings is 2. The number of carbonyl (C=O) groups is 1. The molecule has 5 nitrogen and oxygen atoms in total. The molecule has 1 fully saturated rings. The average molecular weight is 549 g/mol. The van der Waals surface area contributed by atoms with E-state index in [0.29, 0.717) is 22.8 Å². The van der Waals surface area contributed by atoms with Gasteiger partial charge in [-0.05, 0) is 55.9 Å². The van der Waals surface area contributed by atoms with Crippen LogP contribution >= 0.6 is 23.2 Å². The molecule has 2 aliphatic heterocycles. The molecule has 0 N–H and O–H groups in total. The number of aromatic nitrogens is 2. The van der Waals surface area contributed by atoms with Gasteiger partial charge in [-0.25, -0.2) is 9.67 Å². The minimum Gasteiger partial charge on any atom is -0.339 e. The first kappa shape index (κ1) is 25.8. The van der Waals surface area contributed by atoms with Gasteiger partial charge in [-0.3, -0.25) is 4.79 Å². The van der Waals surface area contributed by atoms with Gasteiger partial charge >= 0.3 is 6.18 Å². The Kier molecular flexibility index (Phi) is 7.07. The third-order valence-electron chi connectivity index (χ3n) is 7.15. The van der Waals surface area contributed by atoms with Crippen LogP contribution < -0.4 is 0 Å². The van der Waals surface area contributed by atoms with Gasteiger partial charge in [0.05, 0.1) is 16.1 Å². The third-order valence-corrected chi connectivity index (χ3v) is 7.89. The molecule has 3 heterocycles. The number of amides is 1. The summed E-state index contributed by atoms with van der Waals surface area (Å²) in [5.41, 5.74) is 1.13. The van der Waals surface area contributed by atoms with E-state index in [-0.39, 0.29) is 22.8 Å². The number of carbonyl (C=O) groups excluding carboxylic acids is 1. The summed E-state index contributed by atoms with van der Waals surface area (Å²) in [5.74, 6) is -0.947. The topological polar surface area (TPSA) is 50.5 Å². The van der Waals surface area contributed by atoms with Crippen molar-refractivity contribution in [1.82, 2.24) is 14.7 Å². The molecule has 1 saturated heterocycles. The van der Waals surface area contributed by atoms with Crippen molar-refractivity contribution in [3.05, 3.63) is 81.5 Å². The van der Waals surface area contributed by atoms with Crippen LogP contribution in [0.2, 0.25) is 10.0 Å². The Bertz CT molecular complexity index is 1340. The second-order valence-corrected chi connectivity index (χ2v) is 10.3. The van der Waals surface area contributed by atoms with E-state index in [9.17, 15) is 18.0 Å². The van der Waals surface area contributed by atoms with Crippen molar-refractivity contribution in [2.75, 3.05) is 6.54 Å². The first-order chi connectivity index (χ1) is 17.6. The molecule has 1 amide bonds. The fourth-order valence-electron chi connectivity index (χ4n) is 5.36. The molecule has 5 rings (SSSR count). The van der Waals surface area contributed by atoms with Crippen LogP contribution in [0.5, 0.6) is 0 Å². The van der Waals surface area contributed by atoms with E-state index < -0.39 is 23.8 Å². The number of fused-ring (bicyclic) bond motifs is 1. The SMILES string of the molecule is CC1=Nc2cc(C(F)(F)F)nn2C(c2ccc(Cl)c(Cl)c2)C1C(=O)N1CCCC1CCc1ccccc1. The van der Waals surface area contributed by atoms with Gasteiger partial charge in [-0.2, -0.15) is 18.3 Å². The molecule has 3 atom stereocenters. The molecule has 0 saturated carbocycles. The van der Waals surface area contributed by atoms with Gasteiger partial charge < -0.3 is 4.90 Å². The van der Waals surface area contributed by atoms with Crippen molar-refractivity contribution in [3.63, 3.8) is 0 Å². The second kappa shape index (κ2) is 10.1. The minimum absolute atomic E-state index is 0.0414. The highest BCUT2D eigenvalue weighted by atomic mass is 35.5. The maximum absolute atomic E-state index is 14.1. The Hall–Kier alpha value is -2.84. The molecular weight excluding hydrogens is 524 g/mol. The Morgan fingerprint density at radius 1 is 1.08 bits per heavy atom. The van der Waals surface area contributed by atoms with Crippen molar-refractivity contribution in [2.45, 2.75) is 50.9 Å². The van der Waals surface area contributed by atoms with E-state index >= 15 is 0 Å². The second-order valence-electron chi connectivity index (χ2n) is 9.53. The van der Waals surface area contributed by atoms with Crippen molar-refractivity contribution in [3.8, 4) is 0 Å². The molecule has 1 aromatic heterocycles. The molecule has 0 bridgehead atoms. The van der Waals surface area contributed by atoms with Crippen LogP contribution in [0.4, 0.5) is 19.0 Å². The largest absolute Gasteiger partial charge is 0.435 e. The maximum Gasteiger partial charge on any atom is 0.435 e. The zero-order valence-electron chi connectivity index (χ0n) is 20.1. The highest BCUT2D eigenvalue weighted by Gasteiger charge is 2.45. The lowest BCUT2D eigenvalue weighted by Crippen LogP contribution is -2.46. The zero-order valence-corrected chi connectivity index (χ0v) is 21.6. The Morgan fingerprint density at radius 2 is 1.84 bits per heavy atom. The van der Waals surface area contributed by atoms with E-state index in [1.165, 1.54) is 10.2 Å². The summed E-state index contributed by atoms with van der Waals surface area (Å²) in [6.07, 6.45) is -1.25. The van der Waals surface area contributed by atoms with E-state index in [4.69, 9.17) is 23.2 Å². The van der Waals surface area contributed by atoms with Crippen LogP contribution in [0.1, 0.15) is 49.0 Å². The van der Waals surface area contributed by atoms with E-state index in [2.05, 4.69) is 22.2 Å². The molecule has 3 aromatic rings. The number of halogens is 5. The summed E-state index contributed by atoms with van der Waals surface area (Å²) in [6, 6.07) is 15.0. The maximum atomic E-state index is 14.1. The van der Waals surface area contributed by atoms with Crippen LogP contribution in [0.15, 0.2) is 59.6 Å². The molecule has 2 aliphatic rings. The molecule has 2 aromatic carbocycles. The van der Waals surface area contributed by atoms with Gasteiger partial charge in [0.15, 0.2) is 11.5 Å². The van der Waals surface area contributed by atoms with E-state index in [0.717, 1.165) is 31.7 Å². The smallest absolute Gasteiger partial charge is 0.339 e. The first-order valence-corrected chi connectivity index (χ1v) is 12.9. The lowest BCUT2D eigenvalue weighted by molar-refractivity contribution is -0.141. The highest BCUT2D eigenvalue weighted by Crippen LogP contribution is 2.42. The summed E-state index contributed by atoms with van der Waals surface area (Å²) in [4.78, 5) is 20.4. The fourth-order valence-corrected chi connectivity index (χ4v) is 5.66. The van der Waals surface area contributed by atoms with Gasteiger partial charge in [-0.1, -0.05) is 59.6 Å². The van der Waals surface area contributed by atoms with Crippen LogP contribution in [0.25, 0.3) is 0 Å². The number of likely N-dealkylation sites (tertiary alicyclic amines) is 1. The van der Waals surface area contributed by atoms with Crippen molar-refractivity contribution in [2.24, 2.45) is 10.9 Å². The number of nitrogens with zero attached hydrogens (tertiary/aromatic N) is 4. The first-order valence-electron chi connectivity index (χ1n) is 12.1. The number of rotatable bonds is 5. The van der Waals surface area contributed by atoms with Crippen molar-refractivity contribution < 1.29 is 18.0 Å².